The summed E-state index contributed by atoms with van der Waals surface area (Å²) in [7, 11) is 0. The number of carbonyl (C=O) groups excluding carboxylic acids is 3. The molecule has 0 bridgehead atoms. The summed E-state index contributed by atoms with van der Waals surface area (Å²) >= 11 is 6.09. The molecule has 1 aromatic rings. The van der Waals surface area contributed by atoms with E-state index in [0.29, 0.717) is 37.6 Å². The highest BCUT2D eigenvalue weighted by atomic mass is 35.5. The van der Waals surface area contributed by atoms with E-state index in [1.54, 1.807) is 43.9 Å². The predicted octanol–water partition coefficient (Wildman–Crippen LogP) is 2.58. The minimum atomic E-state index is -1.03. The highest BCUT2D eigenvalue weighted by Gasteiger charge is 2.36. The van der Waals surface area contributed by atoms with Gasteiger partial charge < -0.3 is 15.0 Å². The van der Waals surface area contributed by atoms with Gasteiger partial charge in [-0.15, -0.1) is 0 Å². The summed E-state index contributed by atoms with van der Waals surface area (Å²) < 4.78 is 5.05. The van der Waals surface area contributed by atoms with Crippen LogP contribution in [0.3, 0.4) is 0 Å². The molecule has 27 heavy (non-hydrogen) atoms. The van der Waals surface area contributed by atoms with Crippen molar-refractivity contribution in [3.05, 3.63) is 34.9 Å². The largest absolute Gasteiger partial charge is 0.466 e. The number of piperidine rings is 1. The van der Waals surface area contributed by atoms with Gasteiger partial charge in [-0.1, -0.05) is 29.8 Å². The molecule has 2 rings (SSSR count). The maximum Gasteiger partial charge on any atom is 0.309 e. The van der Waals surface area contributed by atoms with Gasteiger partial charge in [-0.3, -0.25) is 14.4 Å². The minimum absolute atomic E-state index is 0.112. The number of hydrogen-bond acceptors (Lipinski definition) is 4. The lowest BCUT2D eigenvalue weighted by molar-refractivity contribution is -0.152. The molecule has 6 nitrogen and oxygen atoms in total. The smallest absolute Gasteiger partial charge is 0.309 e. The zero-order valence-corrected chi connectivity index (χ0v) is 16.8. The van der Waals surface area contributed by atoms with Gasteiger partial charge in [0, 0.05) is 18.1 Å². The average molecular weight is 395 g/mol. The Hall–Kier alpha value is -2.08. The standard InChI is InChI=1S/C20H27ClN2O4/c1-4-27-18(25)14-9-11-23(12-10-14)19(26)20(2,3)22-17(24)13-15-7-5-6-8-16(15)21/h5-8,14H,4,9-13H2,1-3H3,(H,22,24). The number of nitrogens with zero attached hydrogens (tertiary/aromatic N) is 1. The van der Waals surface area contributed by atoms with Gasteiger partial charge >= 0.3 is 5.97 Å². The third kappa shape index (κ3) is 5.70. The molecule has 0 aromatic heterocycles. The number of hydrogen-bond donors (Lipinski definition) is 1. The van der Waals surface area contributed by atoms with E-state index in [1.165, 1.54) is 0 Å². The van der Waals surface area contributed by atoms with Crippen molar-refractivity contribution in [3.8, 4) is 0 Å². The summed E-state index contributed by atoms with van der Waals surface area (Å²) in [5, 5.41) is 3.33. The van der Waals surface area contributed by atoms with E-state index in [-0.39, 0.29) is 30.1 Å². The number of nitrogens with one attached hydrogen (secondary N) is 1. The first kappa shape index (κ1) is 21.2. The first-order valence-electron chi connectivity index (χ1n) is 9.25. The quantitative estimate of drug-likeness (QED) is 0.752. The number of amides is 2. The topological polar surface area (TPSA) is 75.7 Å². The SMILES string of the molecule is CCOC(=O)C1CCN(C(=O)C(C)(C)NC(=O)Cc2ccccc2Cl)CC1. The van der Waals surface area contributed by atoms with Gasteiger partial charge in [-0.25, -0.2) is 0 Å². The van der Waals surface area contributed by atoms with Gasteiger partial charge in [-0.05, 0) is 45.2 Å². The fraction of sp³-hybridized carbons (Fsp3) is 0.550. The summed E-state index contributed by atoms with van der Waals surface area (Å²) in [6.45, 7) is 6.49. The van der Waals surface area contributed by atoms with Crippen LogP contribution in [0.5, 0.6) is 0 Å². The van der Waals surface area contributed by atoms with Crippen LogP contribution >= 0.6 is 11.6 Å². The van der Waals surface area contributed by atoms with Crippen LogP contribution in [0, 0.1) is 5.92 Å². The molecular weight excluding hydrogens is 368 g/mol. The maximum absolute atomic E-state index is 12.8. The number of halogens is 1. The van der Waals surface area contributed by atoms with Gasteiger partial charge in [0.2, 0.25) is 11.8 Å². The molecule has 0 unspecified atom stereocenters. The molecule has 1 saturated heterocycles. The highest BCUT2D eigenvalue weighted by Crippen LogP contribution is 2.22. The van der Waals surface area contributed by atoms with E-state index in [0.717, 1.165) is 5.56 Å². The summed E-state index contributed by atoms with van der Waals surface area (Å²) in [6.07, 6.45) is 1.27. The number of benzene rings is 1. The van der Waals surface area contributed by atoms with Crippen molar-refractivity contribution < 1.29 is 19.1 Å². The zero-order valence-electron chi connectivity index (χ0n) is 16.1. The fourth-order valence-corrected chi connectivity index (χ4v) is 3.44. The molecule has 1 heterocycles. The Balaban J connectivity index is 1.90. The molecule has 1 aromatic carbocycles. The number of rotatable bonds is 6. The molecular formula is C20H27ClN2O4. The van der Waals surface area contributed by atoms with Gasteiger partial charge in [0.15, 0.2) is 0 Å². The first-order chi connectivity index (χ1) is 12.7. The number of likely N-dealkylation sites (tertiary alicyclic amines) is 1. The second-order valence-corrected chi connectivity index (χ2v) is 7.67. The lowest BCUT2D eigenvalue weighted by Gasteiger charge is -2.36. The van der Waals surface area contributed by atoms with Crippen molar-refractivity contribution in [1.82, 2.24) is 10.2 Å². The minimum Gasteiger partial charge on any atom is -0.466 e. The van der Waals surface area contributed by atoms with Crippen LogP contribution in [0.4, 0.5) is 0 Å². The molecule has 148 valence electrons. The molecule has 0 aliphatic carbocycles. The Morgan fingerprint density at radius 3 is 2.44 bits per heavy atom. The van der Waals surface area contributed by atoms with Crippen molar-refractivity contribution in [3.63, 3.8) is 0 Å². The van der Waals surface area contributed by atoms with Crippen molar-refractivity contribution in [1.29, 1.82) is 0 Å². The third-order valence-electron chi connectivity index (χ3n) is 4.70. The molecule has 2 amide bonds. The van der Waals surface area contributed by atoms with Crippen molar-refractivity contribution in [2.45, 2.75) is 45.6 Å². The van der Waals surface area contributed by atoms with Gasteiger partial charge in [0.1, 0.15) is 5.54 Å². The second kappa shape index (κ2) is 9.22. The van der Waals surface area contributed by atoms with Crippen LogP contribution in [-0.2, 0) is 25.5 Å². The van der Waals surface area contributed by atoms with E-state index < -0.39 is 5.54 Å². The molecule has 1 aliphatic rings. The summed E-state index contributed by atoms with van der Waals surface area (Å²) in [6, 6.07) is 7.14. The molecule has 0 radical (unpaired) electrons. The Morgan fingerprint density at radius 2 is 1.85 bits per heavy atom. The van der Waals surface area contributed by atoms with E-state index in [2.05, 4.69) is 5.32 Å². The Labute approximate surface area is 165 Å². The van der Waals surface area contributed by atoms with E-state index in [1.807, 2.05) is 6.07 Å². The summed E-state index contributed by atoms with van der Waals surface area (Å²) in [5.41, 5.74) is -0.315. The monoisotopic (exact) mass is 394 g/mol. The van der Waals surface area contributed by atoms with Crippen molar-refractivity contribution in [2.75, 3.05) is 19.7 Å². The average Bonchev–Trinajstić information content (AvgIpc) is 2.63. The van der Waals surface area contributed by atoms with Gasteiger partial charge in [-0.2, -0.15) is 0 Å². The Bertz CT molecular complexity index is 697. The van der Waals surface area contributed by atoms with Crippen LogP contribution in [0.2, 0.25) is 5.02 Å². The lowest BCUT2D eigenvalue weighted by atomic mass is 9.94. The van der Waals surface area contributed by atoms with E-state index in [4.69, 9.17) is 16.3 Å². The van der Waals surface area contributed by atoms with E-state index in [9.17, 15) is 14.4 Å². The maximum atomic E-state index is 12.8. The normalized spacial score (nSPS) is 15.3. The summed E-state index contributed by atoms with van der Waals surface area (Å²) in [4.78, 5) is 38.7. The van der Waals surface area contributed by atoms with E-state index >= 15 is 0 Å². The molecule has 1 aliphatic heterocycles. The highest BCUT2D eigenvalue weighted by molar-refractivity contribution is 6.31. The lowest BCUT2D eigenvalue weighted by Crippen LogP contribution is -2.57. The molecule has 0 atom stereocenters. The zero-order chi connectivity index (χ0) is 20.0. The van der Waals surface area contributed by atoms with Gasteiger partial charge in [0.25, 0.3) is 0 Å². The first-order valence-corrected chi connectivity index (χ1v) is 9.62. The Kier molecular flexibility index (Phi) is 7.25. The van der Waals surface area contributed by atoms with Crippen LogP contribution < -0.4 is 5.32 Å². The van der Waals surface area contributed by atoms with Crippen molar-refractivity contribution in [2.24, 2.45) is 5.92 Å². The fourth-order valence-electron chi connectivity index (χ4n) is 3.23. The third-order valence-corrected chi connectivity index (χ3v) is 5.07. The van der Waals surface area contributed by atoms with Crippen LogP contribution in [0.25, 0.3) is 0 Å². The molecule has 0 saturated carbocycles. The summed E-state index contributed by atoms with van der Waals surface area (Å²) in [5.74, 6) is -0.774. The molecule has 0 spiro atoms. The van der Waals surface area contributed by atoms with Crippen LogP contribution in [0.1, 0.15) is 39.2 Å². The Morgan fingerprint density at radius 1 is 1.22 bits per heavy atom. The second-order valence-electron chi connectivity index (χ2n) is 7.26. The number of carbonyl (C=O) groups is 3. The molecule has 1 N–H and O–H groups in total. The predicted molar refractivity (Wildman–Crippen MR) is 103 cm³/mol. The van der Waals surface area contributed by atoms with Crippen LogP contribution in [-0.4, -0.2) is 47.9 Å². The van der Waals surface area contributed by atoms with Crippen LogP contribution in [0.15, 0.2) is 24.3 Å². The molecule has 7 heteroatoms. The number of ether oxygens (including phenoxy) is 1. The van der Waals surface area contributed by atoms with Crippen molar-refractivity contribution >= 4 is 29.4 Å². The molecule has 1 fully saturated rings. The van der Waals surface area contributed by atoms with Gasteiger partial charge in [0.05, 0.1) is 18.9 Å². The number of esters is 1.